The number of carbonyl (C=O) groups excluding carboxylic acids is 2. The van der Waals surface area contributed by atoms with Crippen LogP contribution >= 0.6 is 0 Å². The molecule has 5 heteroatoms. The van der Waals surface area contributed by atoms with E-state index in [2.05, 4.69) is 0 Å². The Bertz CT molecular complexity index is 392. The van der Waals surface area contributed by atoms with E-state index in [1.807, 2.05) is 20.8 Å². The van der Waals surface area contributed by atoms with Crippen LogP contribution in [0, 0.1) is 16.7 Å². The predicted molar refractivity (Wildman–Crippen MR) is 58.8 cm³/mol. The van der Waals surface area contributed by atoms with Crippen molar-refractivity contribution in [3.05, 3.63) is 0 Å². The normalized spacial score (nSPS) is 40.7. The zero-order chi connectivity index (χ0) is 13.1. The van der Waals surface area contributed by atoms with Crippen molar-refractivity contribution in [1.29, 1.82) is 0 Å². The summed E-state index contributed by atoms with van der Waals surface area (Å²) in [7, 11) is 0. The van der Waals surface area contributed by atoms with Crippen molar-refractivity contribution in [1.82, 2.24) is 0 Å². The largest absolute Gasteiger partial charge is 1.00 e. The molecule has 0 radical (unpaired) electrons. The van der Waals surface area contributed by atoms with E-state index in [9.17, 15) is 19.8 Å². The Kier molecular flexibility index (Phi) is 3.92. The summed E-state index contributed by atoms with van der Waals surface area (Å²) in [6, 6.07) is 0. The smallest absolute Gasteiger partial charge is 0.550 e. The SMILES string of the molecule is CC12CCC(C(O)(CCC(=O)[O-])C1=O)C2(C)C.[Ag+]. The van der Waals surface area contributed by atoms with Gasteiger partial charge in [-0.3, -0.25) is 4.79 Å². The number of fused-ring (bicyclic) bond motifs is 2. The fourth-order valence-corrected chi connectivity index (χ4v) is 3.96. The molecule has 1 N–H and O–H groups in total. The van der Waals surface area contributed by atoms with Crippen LogP contribution < -0.4 is 5.11 Å². The molecular weight excluding hydrogens is 328 g/mol. The van der Waals surface area contributed by atoms with Gasteiger partial charge >= 0.3 is 22.4 Å². The molecule has 0 aromatic carbocycles. The van der Waals surface area contributed by atoms with Gasteiger partial charge in [-0.1, -0.05) is 20.8 Å². The van der Waals surface area contributed by atoms with Crippen molar-refractivity contribution < 1.29 is 42.2 Å². The van der Waals surface area contributed by atoms with Crippen LogP contribution in [0.15, 0.2) is 0 Å². The van der Waals surface area contributed by atoms with Gasteiger partial charge in [-0.15, -0.1) is 0 Å². The van der Waals surface area contributed by atoms with E-state index in [1.165, 1.54) is 0 Å². The van der Waals surface area contributed by atoms with Gasteiger partial charge in [-0.2, -0.15) is 0 Å². The van der Waals surface area contributed by atoms with Crippen molar-refractivity contribution in [2.24, 2.45) is 16.7 Å². The summed E-state index contributed by atoms with van der Waals surface area (Å²) < 4.78 is 0. The first-order valence-corrected chi connectivity index (χ1v) is 6.13. The summed E-state index contributed by atoms with van der Waals surface area (Å²) in [6.07, 6.45) is 1.30. The summed E-state index contributed by atoms with van der Waals surface area (Å²) in [4.78, 5) is 22.9. The first-order chi connectivity index (χ1) is 7.66. The monoisotopic (exact) mass is 346 g/mol. The molecule has 106 valence electrons. The minimum Gasteiger partial charge on any atom is -0.550 e. The van der Waals surface area contributed by atoms with Gasteiger partial charge in [0.15, 0.2) is 5.78 Å². The number of carbonyl (C=O) groups is 2. The van der Waals surface area contributed by atoms with Crippen LogP contribution in [0.25, 0.3) is 0 Å². The molecule has 2 saturated carbocycles. The van der Waals surface area contributed by atoms with E-state index in [-0.39, 0.29) is 52.3 Å². The first kappa shape index (κ1) is 15.9. The van der Waals surface area contributed by atoms with E-state index in [1.54, 1.807) is 0 Å². The molecule has 18 heavy (non-hydrogen) atoms. The number of hydrogen-bond donors (Lipinski definition) is 1. The van der Waals surface area contributed by atoms with Gasteiger partial charge < -0.3 is 15.0 Å². The zero-order valence-electron chi connectivity index (χ0n) is 10.9. The van der Waals surface area contributed by atoms with Crippen LogP contribution in [-0.4, -0.2) is 22.5 Å². The van der Waals surface area contributed by atoms with Gasteiger partial charge in [0, 0.05) is 17.3 Å². The molecule has 0 aromatic heterocycles. The van der Waals surface area contributed by atoms with Crippen molar-refractivity contribution in [2.75, 3.05) is 0 Å². The van der Waals surface area contributed by atoms with Crippen molar-refractivity contribution in [3.63, 3.8) is 0 Å². The van der Waals surface area contributed by atoms with Crippen LogP contribution in [0.2, 0.25) is 0 Å². The first-order valence-electron chi connectivity index (χ1n) is 6.13. The Balaban J connectivity index is 0.00000162. The maximum Gasteiger partial charge on any atom is 1.00 e. The molecule has 2 aliphatic carbocycles. The number of rotatable bonds is 3. The van der Waals surface area contributed by atoms with E-state index in [0.29, 0.717) is 0 Å². The van der Waals surface area contributed by atoms with Gasteiger partial charge in [0.05, 0.1) is 0 Å². The molecule has 0 amide bonds. The minimum atomic E-state index is -1.46. The molecule has 3 atom stereocenters. The second kappa shape index (κ2) is 4.44. The number of carboxylic acids is 1. The van der Waals surface area contributed by atoms with Gasteiger partial charge in [0.1, 0.15) is 5.60 Å². The molecule has 0 aliphatic heterocycles. The Hall–Kier alpha value is -0.160. The average molecular weight is 347 g/mol. The molecule has 0 saturated heterocycles. The summed E-state index contributed by atoms with van der Waals surface area (Å²) in [6.45, 7) is 5.89. The number of Topliss-reactive ketones (excluding diaryl/α,β-unsaturated/α-hetero) is 1. The van der Waals surface area contributed by atoms with Gasteiger partial charge in [-0.05, 0) is 31.1 Å². The molecule has 4 nitrogen and oxygen atoms in total. The van der Waals surface area contributed by atoms with E-state index < -0.39 is 17.0 Å². The zero-order valence-corrected chi connectivity index (χ0v) is 12.4. The molecular formula is C13H19AgO4. The number of aliphatic hydroxyl groups is 1. The van der Waals surface area contributed by atoms with Crippen LogP contribution in [-0.2, 0) is 32.0 Å². The average Bonchev–Trinajstić information content (AvgIpc) is 2.51. The van der Waals surface area contributed by atoms with Gasteiger partial charge in [0.2, 0.25) is 0 Å². The molecule has 0 spiro atoms. The van der Waals surface area contributed by atoms with E-state index in [4.69, 9.17) is 0 Å². The third-order valence-electron chi connectivity index (χ3n) is 5.41. The van der Waals surface area contributed by atoms with Crippen molar-refractivity contribution >= 4 is 11.8 Å². The maximum absolute atomic E-state index is 12.4. The summed E-state index contributed by atoms with van der Waals surface area (Å²) in [5.41, 5.74) is -2.24. The van der Waals surface area contributed by atoms with Crippen molar-refractivity contribution in [2.45, 2.75) is 52.1 Å². The number of hydrogen-bond acceptors (Lipinski definition) is 4. The molecule has 2 rings (SSSR count). The number of ketones is 1. The molecule has 2 bridgehead atoms. The predicted octanol–water partition coefficient (Wildman–Crippen LogP) is 0.270. The fourth-order valence-electron chi connectivity index (χ4n) is 3.96. The Morgan fingerprint density at radius 1 is 1.44 bits per heavy atom. The number of carboxylic acid groups (broad SMARTS) is 1. The standard InChI is InChI=1S/C13H20O4.Ag/c1-11(2)8-4-6-12(11,3)10(16)13(8,17)7-5-9(14)15;/h8,17H,4-7H2,1-3H3,(H,14,15);/q;+1/p-1. The topological polar surface area (TPSA) is 77.4 Å². The van der Waals surface area contributed by atoms with E-state index in [0.717, 1.165) is 12.8 Å². The summed E-state index contributed by atoms with van der Waals surface area (Å²) in [5.74, 6) is -1.52. The third-order valence-corrected chi connectivity index (χ3v) is 5.41. The second-order valence-corrected chi connectivity index (χ2v) is 6.27. The molecule has 0 aromatic rings. The molecule has 2 fully saturated rings. The number of aliphatic carboxylic acids is 1. The van der Waals surface area contributed by atoms with Crippen LogP contribution in [0.5, 0.6) is 0 Å². The third kappa shape index (κ3) is 1.74. The Labute approximate surface area is 123 Å². The Morgan fingerprint density at radius 2 is 2.00 bits per heavy atom. The van der Waals surface area contributed by atoms with Gasteiger partial charge in [0.25, 0.3) is 0 Å². The summed E-state index contributed by atoms with van der Waals surface area (Å²) >= 11 is 0. The molecule has 2 aliphatic rings. The summed E-state index contributed by atoms with van der Waals surface area (Å²) in [5, 5.41) is 21.1. The second-order valence-electron chi connectivity index (χ2n) is 6.27. The fraction of sp³-hybridized carbons (Fsp3) is 0.846. The van der Waals surface area contributed by atoms with Gasteiger partial charge in [-0.25, -0.2) is 0 Å². The van der Waals surface area contributed by atoms with E-state index >= 15 is 0 Å². The minimum absolute atomic E-state index is 0. The molecule has 0 heterocycles. The van der Waals surface area contributed by atoms with Crippen molar-refractivity contribution in [3.8, 4) is 0 Å². The Morgan fingerprint density at radius 3 is 2.39 bits per heavy atom. The molecule has 3 unspecified atom stereocenters. The van der Waals surface area contributed by atoms with Crippen LogP contribution in [0.1, 0.15) is 46.5 Å². The quantitative estimate of drug-likeness (QED) is 0.744. The van der Waals surface area contributed by atoms with Crippen LogP contribution in [0.3, 0.4) is 0 Å². The maximum atomic E-state index is 12.4. The van der Waals surface area contributed by atoms with Crippen LogP contribution in [0.4, 0.5) is 0 Å².